The molecule has 2 heterocycles. The quantitative estimate of drug-likeness (QED) is 0.944. The first-order valence-electron chi connectivity index (χ1n) is 7.81. The number of hydrogen-bond donors (Lipinski definition) is 1. The Morgan fingerprint density at radius 3 is 2.74 bits per heavy atom. The second-order valence-electron chi connectivity index (χ2n) is 5.84. The number of piperidine rings is 1. The summed E-state index contributed by atoms with van der Waals surface area (Å²) in [5.41, 5.74) is 8.49. The fraction of sp³-hybridized carbons (Fsp3) is 0.333. The van der Waals surface area contributed by atoms with E-state index >= 15 is 0 Å². The maximum absolute atomic E-state index is 12.6. The van der Waals surface area contributed by atoms with Gasteiger partial charge in [-0.15, -0.1) is 0 Å². The number of pyridine rings is 1. The molecule has 1 fully saturated rings. The summed E-state index contributed by atoms with van der Waals surface area (Å²) in [5, 5.41) is 0. The van der Waals surface area contributed by atoms with Crippen LogP contribution in [0, 0.1) is 0 Å². The normalized spacial score (nSPS) is 17.8. The van der Waals surface area contributed by atoms with Crippen molar-refractivity contribution in [2.24, 2.45) is 5.73 Å². The Kier molecular flexibility index (Phi) is 4.57. The summed E-state index contributed by atoms with van der Waals surface area (Å²) in [6, 6.07) is 9.67. The van der Waals surface area contributed by atoms with Gasteiger partial charge in [0.25, 0.3) is 5.91 Å². The lowest BCUT2D eigenvalue weighted by molar-refractivity contribution is 0.0708. The molecule has 1 amide bonds. The number of hydrogen-bond acceptors (Lipinski definition) is 4. The number of rotatable bonds is 3. The number of methoxy groups -OCH3 is 1. The molecule has 1 aliphatic heterocycles. The van der Waals surface area contributed by atoms with E-state index in [9.17, 15) is 4.79 Å². The van der Waals surface area contributed by atoms with Gasteiger partial charge < -0.3 is 15.4 Å². The molecule has 0 saturated carbocycles. The molecular weight excluding hydrogens is 290 g/mol. The SMILES string of the molecule is COc1ccc(-c2cncc(C(=O)N3CCCC(N)C3)c2)cc1. The van der Waals surface area contributed by atoms with Crippen LogP contribution >= 0.6 is 0 Å². The number of carbonyl (C=O) groups excluding carboxylic acids is 1. The van der Waals surface area contributed by atoms with E-state index in [0.29, 0.717) is 12.1 Å². The molecule has 1 aliphatic rings. The molecule has 0 bridgehead atoms. The van der Waals surface area contributed by atoms with Gasteiger partial charge in [-0.25, -0.2) is 0 Å². The summed E-state index contributed by atoms with van der Waals surface area (Å²) in [6.45, 7) is 1.38. The Morgan fingerprint density at radius 1 is 1.26 bits per heavy atom. The fourth-order valence-electron chi connectivity index (χ4n) is 2.88. The average Bonchev–Trinajstić information content (AvgIpc) is 2.61. The van der Waals surface area contributed by atoms with E-state index in [0.717, 1.165) is 36.3 Å². The average molecular weight is 311 g/mol. The topological polar surface area (TPSA) is 68.5 Å². The standard InChI is InChI=1S/C18H21N3O2/c1-23-17-6-4-13(5-7-17)14-9-15(11-20-10-14)18(22)21-8-2-3-16(19)12-21/h4-7,9-11,16H,2-3,8,12,19H2,1H3. The van der Waals surface area contributed by atoms with Crippen molar-refractivity contribution in [3.8, 4) is 16.9 Å². The molecule has 3 rings (SSSR count). The van der Waals surface area contributed by atoms with Gasteiger partial charge in [0.2, 0.25) is 0 Å². The van der Waals surface area contributed by atoms with Crippen molar-refractivity contribution >= 4 is 5.91 Å². The van der Waals surface area contributed by atoms with E-state index in [-0.39, 0.29) is 11.9 Å². The van der Waals surface area contributed by atoms with E-state index in [4.69, 9.17) is 10.5 Å². The molecule has 5 heteroatoms. The Labute approximate surface area is 136 Å². The molecule has 1 unspecified atom stereocenters. The lowest BCUT2D eigenvalue weighted by Crippen LogP contribution is -2.45. The molecule has 0 radical (unpaired) electrons. The zero-order valence-corrected chi connectivity index (χ0v) is 13.2. The molecule has 5 nitrogen and oxygen atoms in total. The summed E-state index contributed by atoms with van der Waals surface area (Å²) in [7, 11) is 1.64. The Bertz CT molecular complexity index is 685. The van der Waals surface area contributed by atoms with Crippen LogP contribution in [0.3, 0.4) is 0 Å². The van der Waals surface area contributed by atoms with Crippen molar-refractivity contribution in [3.63, 3.8) is 0 Å². The predicted molar refractivity (Wildman–Crippen MR) is 89.3 cm³/mol. The largest absolute Gasteiger partial charge is 0.497 e. The van der Waals surface area contributed by atoms with Crippen LogP contribution in [-0.2, 0) is 0 Å². The van der Waals surface area contributed by atoms with Gasteiger partial charge in [-0.1, -0.05) is 12.1 Å². The number of likely N-dealkylation sites (tertiary alicyclic amines) is 1. The van der Waals surface area contributed by atoms with Crippen LogP contribution in [0.15, 0.2) is 42.7 Å². The Hall–Kier alpha value is -2.40. The van der Waals surface area contributed by atoms with Crippen LogP contribution in [-0.4, -0.2) is 42.0 Å². The van der Waals surface area contributed by atoms with Crippen LogP contribution in [0.2, 0.25) is 0 Å². The number of nitrogens with two attached hydrogens (primary N) is 1. The highest BCUT2D eigenvalue weighted by Crippen LogP contribution is 2.23. The highest BCUT2D eigenvalue weighted by molar-refractivity contribution is 5.95. The van der Waals surface area contributed by atoms with Gasteiger partial charge in [0, 0.05) is 37.1 Å². The van der Waals surface area contributed by atoms with Gasteiger partial charge in [-0.3, -0.25) is 9.78 Å². The molecule has 0 aliphatic carbocycles. The second-order valence-corrected chi connectivity index (χ2v) is 5.84. The van der Waals surface area contributed by atoms with Crippen LogP contribution < -0.4 is 10.5 Å². The number of aromatic nitrogens is 1. The van der Waals surface area contributed by atoms with E-state index in [1.54, 1.807) is 19.5 Å². The molecule has 2 N–H and O–H groups in total. The van der Waals surface area contributed by atoms with E-state index in [2.05, 4.69) is 4.98 Å². The van der Waals surface area contributed by atoms with Crippen LogP contribution in [0.5, 0.6) is 5.75 Å². The molecule has 1 saturated heterocycles. The Balaban J connectivity index is 1.82. The van der Waals surface area contributed by atoms with Crippen molar-refractivity contribution in [1.29, 1.82) is 0 Å². The van der Waals surface area contributed by atoms with Crippen molar-refractivity contribution in [3.05, 3.63) is 48.3 Å². The first-order valence-corrected chi connectivity index (χ1v) is 7.81. The fourth-order valence-corrected chi connectivity index (χ4v) is 2.88. The smallest absolute Gasteiger partial charge is 0.255 e. The van der Waals surface area contributed by atoms with Crippen molar-refractivity contribution < 1.29 is 9.53 Å². The highest BCUT2D eigenvalue weighted by atomic mass is 16.5. The summed E-state index contributed by atoms with van der Waals surface area (Å²) in [6.07, 6.45) is 5.32. The third-order valence-electron chi connectivity index (χ3n) is 4.15. The molecule has 1 atom stereocenters. The van der Waals surface area contributed by atoms with Gasteiger partial charge in [0.1, 0.15) is 5.75 Å². The number of nitrogens with zero attached hydrogens (tertiary/aromatic N) is 2. The van der Waals surface area contributed by atoms with Crippen LogP contribution in [0.25, 0.3) is 11.1 Å². The third kappa shape index (κ3) is 3.51. The van der Waals surface area contributed by atoms with Crippen molar-refractivity contribution in [2.75, 3.05) is 20.2 Å². The second kappa shape index (κ2) is 6.79. The molecular formula is C18H21N3O2. The number of amides is 1. The minimum atomic E-state index is 0.00279. The predicted octanol–water partition coefficient (Wildman–Crippen LogP) is 2.32. The number of benzene rings is 1. The lowest BCUT2D eigenvalue weighted by atomic mass is 10.0. The first kappa shape index (κ1) is 15.5. The summed E-state index contributed by atoms with van der Waals surface area (Å²) in [5.74, 6) is 0.805. The van der Waals surface area contributed by atoms with E-state index < -0.39 is 0 Å². The number of ether oxygens (including phenoxy) is 1. The molecule has 120 valence electrons. The summed E-state index contributed by atoms with van der Waals surface area (Å²) < 4.78 is 5.17. The molecule has 0 spiro atoms. The van der Waals surface area contributed by atoms with Gasteiger partial charge in [0.05, 0.1) is 12.7 Å². The van der Waals surface area contributed by atoms with Crippen LogP contribution in [0.1, 0.15) is 23.2 Å². The van der Waals surface area contributed by atoms with Gasteiger partial charge in [0.15, 0.2) is 0 Å². The van der Waals surface area contributed by atoms with Crippen LogP contribution in [0.4, 0.5) is 0 Å². The van der Waals surface area contributed by atoms with Gasteiger partial charge in [-0.05, 0) is 36.6 Å². The summed E-state index contributed by atoms with van der Waals surface area (Å²) in [4.78, 5) is 18.7. The minimum absolute atomic E-state index is 0.00279. The molecule has 23 heavy (non-hydrogen) atoms. The lowest BCUT2D eigenvalue weighted by Gasteiger charge is -2.30. The van der Waals surface area contributed by atoms with Crippen molar-refractivity contribution in [2.45, 2.75) is 18.9 Å². The van der Waals surface area contributed by atoms with Gasteiger partial charge >= 0.3 is 0 Å². The maximum atomic E-state index is 12.6. The highest BCUT2D eigenvalue weighted by Gasteiger charge is 2.22. The molecule has 2 aromatic rings. The van der Waals surface area contributed by atoms with E-state index in [1.165, 1.54) is 0 Å². The Morgan fingerprint density at radius 2 is 2.04 bits per heavy atom. The summed E-state index contributed by atoms with van der Waals surface area (Å²) >= 11 is 0. The number of carbonyl (C=O) groups is 1. The molecule has 1 aromatic heterocycles. The van der Waals surface area contributed by atoms with Gasteiger partial charge in [-0.2, -0.15) is 0 Å². The monoisotopic (exact) mass is 311 g/mol. The maximum Gasteiger partial charge on any atom is 0.255 e. The zero-order chi connectivity index (χ0) is 16.2. The van der Waals surface area contributed by atoms with Crippen molar-refractivity contribution in [1.82, 2.24) is 9.88 Å². The molecule has 1 aromatic carbocycles. The third-order valence-corrected chi connectivity index (χ3v) is 4.15. The zero-order valence-electron chi connectivity index (χ0n) is 13.2. The van der Waals surface area contributed by atoms with E-state index in [1.807, 2.05) is 35.2 Å². The first-order chi connectivity index (χ1) is 11.2. The minimum Gasteiger partial charge on any atom is -0.497 e.